The van der Waals surface area contributed by atoms with Crippen LogP contribution in [0.25, 0.3) is 0 Å². The van der Waals surface area contributed by atoms with Crippen molar-refractivity contribution in [3.63, 3.8) is 0 Å². The molecular weight excluding hydrogens is 178 g/mol. The average molecular weight is 197 g/mol. The summed E-state index contributed by atoms with van der Waals surface area (Å²) in [6.45, 7) is 5.31. The lowest BCUT2D eigenvalue weighted by atomic mass is 10.1. The molecule has 1 aromatic heterocycles. The highest BCUT2D eigenvalue weighted by Gasteiger charge is 2.13. The fraction of sp³-hybridized carbons (Fsp3) is 0.636. The van der Waals surface area contributed by atoms with E-state index in [-0.39, 0.29) is 0 Å². The maximum Gasteiger partial charge on any atom is 0.117 e. The number of nitrogens with zero attached hydrogens (tertiary/aromatic N) is 1. The third kappa shape index (κ3) is 4.44. The summed E-state index contributed by atoms with van der Waals surface area (Å²) in [4.78, 5) is 2.14. The maximum atomic E-state index is 9.54. The molecule has 3 nitrogen and oxygen atoms in total. The maximum absolute atomic E-state index is 9.54. The Morgan fingerprint density at radius 2 is 2.21 bits per heavy atom. The van der Waals surface area contributed by atoms with Crippen LogP contribution < -0.4 is 0 Å². The molecule has 0 saturated heterocycles. The van der Waals surface area contributed by atoms with Crippen molar-refractivity contribution < 1.29 is 9.52 Å². The fourth-order valence-electron chi connectivity index (χ4n) is 1.21. The van der Waals surface area contributed by atoms with Gasteiger partial charge in [-0.15, -0.1) is 0 Å². The zero-order valence-corrected chi connectivity index (χ0v) is 9.16. The molecule has 0 bridgehead atoms. The second-order valence-corrected chi connectivity index (χ2v) is 4.38. The molecule has 3 heteroatoms. The smallest absolute Gasteiger partial charge is 0.117 e. The first kappa shape index (κ1) is 11.3. The van der Waals surface area contributed by atoms with Gasteiger partial charge in [-0.05, 0) is 39.4 Å². The van der Waals surface area contributed by atoms with Crippen LogP contribution in [0.4, 0.5) is 0 Å². The van der Waals surface area contributed by atoms with Gasteiger partial charge in [-0.1, -0.05) is 0 Å². The van der Waals surface area contributed by atoms with Crippen molar-refractivity contribution in [1.82, 2.24) is 4.90 Å². The molecule has 0 atom stereocenters. The lowest BCUT2D eigenvalue weighted by Crippen LogP contribution is -2.28. The summed E-state index contributed by atoms with van der Waals surface area (Å²) < 4.78 is 5.23. The molecule has 0 aliphatic heterocycles. The average Bonchev–Trinajstić information content (AvgIpc) is 2.52. The van der Waals surface area contributed by atoms with E-state index in [4.69, 9.17) is 4.42 Å². The predicted octanol–water partition coefficient (Wildman–Crippen LogP) is 1.87. The molecule has 0 unspecified atom stereocenters. The van der Waals surface area contributed by atoms with E-state index in [0.29, 0.717) is 0 Å². The number of rotatable bonds is 5. The summed E-state index contributed by atoms with van der Waals surface area (Å²) in [6.07, 6.45) is 2.45. The van der Waals surface area contributed by atoms with Gasteiger partial charge < -0.3 is 9.52 Å². The molecule has 80 valence electrons. The van der Waals surface area contributed by atoms with E-state index in [1.807, 2.05) is 33.0 Å². The van der Waals surface area contributed by atoms with Gasteiger partial charge in [0.05, 0.1) is 18.4 Å². The Balaban J connectivity index is 2.26. The lowest BCUT2D eigenvalue weighted by molar-refractivity contribution is 0.0592. The first-order chi connectivity index (χ1) is 6.47. The molecule has 0 radical (unpaired) electrons. The first-order valence-corrected chi connectivity index (χ1v) is 4.91. The highest BCUT2D eigenvalue weighted by Crippen LogP contribution is 2.09. The number of hydrogen-bond donors (Lipinski definition) is 1. The molecule has 0 aromatic carbocycles. The topological polar surface area (TPSA) is 36.6 Å². The van der Waals surface area contributed by atoms with Crippen LogP contribution in [-0.2, 0) is 6.54 Å². The number of furan rings is 1. The second kappa shape index (κ2) is 4.62. The second-order valence-electron chi connectivity index (χ2n) is 4.38. The van der Waals surface area contributed by atoms with Gasteiger partial charge in [0.25, 0.3) is 0 Å². The summed E-state index contributed by atoms with van der Waals surface area (Å²) in [5, 5.41) is 9.54. The van der Waals surface area contributed by atoms with Crippen molar-refractivity contribution in [2.24, 2.45) is 0 Å². The van der Waals surface area contributed by atoms with Gasteiger partial charge in [-0.3, -0.25) is 4.90 Å². The Morgan fingerprint density at radius 3 is 2.71 bits per heavy atom. The Morgan fingerprint density at radius 1 is 1.50 bits per heavy atom. The molecular formula is C11H19NO2. The van der Waals surface area contributed by atoms with E-state index in [1.165, 1.54) is 0 Å². The van der Waals surface area contributed by atoms with Gasteiger partial charge in [-0.2, -0.15) is 0 Å². The normalized spacial score (nSPS) is 12.4. The van der Waals surface area contributed by atoms with Crippen LogP contribution in [0.5, 0.6) is 0 Å². The Bertz CT molecular complexity index is 249. The highest BCUT2D eigenvalue weighted by molar-refractivity contribution is 4.97. The van der Waals surface area contributed by atoms with Crippen LogP contribution in [0, 0.1) is 0 Å². The first-order valence-electron chi connectivity index (χ1n) is 4.91. The quantitative estimate of drug-likeness (QED) is 0.783. The standard InChI is InChI=1S/C11H19NO2/c1-11(2,13)6-7-12(3)9-10-5-4-8-14-10/h4-5,8,13H,6-7,9H2,1-3H3. The summed E-state index contributed by atoms with van der Waals surface area (Å²) in [5.41, 5.74) is -0.586. The SMILES string of the molecule is CN(CCC(C)(C)O)Cc1ccco1. The zero-order valence-electron chi connectivity index (χ0n) is 9.16. The minimum Gasteiger partial charge on any atom is -0.468 e. The van der Waals surface area contributed by atoms with Crippen LogP contribution in [0.1, 0.15) is 26.0 Å². The molecule has 0 saturated carbocycles. The largest absolute Gasteiger partial charge is 0.468 e. The molecule has 1 rings (SSSR count). The zero-order chi connectivity index (χ0) is 10.6. The summed E-state index contributed by atoms with van der Waals surface area (Å²) >= 11 is 0. The molecule has 14 heavy (non-hydrogen) atoms. The van der Waals surface area contributed by atoms with Gasteiger partial charge in [0.1, 0.15) is 5.76 Å². The van der Waals surface area contributed by atoms with Crippen molar-refractivity contribution in [1.29, 1.82) is 0 Å². The monoisotopic (exact) mass is 197 g/mol. The Labute approximate surface area is 85.3 Å². The minimum absolute atomic E-state index is 0.586. The molecule has 0 aliphatic rings. The molecule has 1 heterocycles. The minimum atomic E-state index is -0.586. The van der Waals surface area contributed by atoms with E-state index in [2.05, 4.69) is 4.90 Å². The van der Waals surface area contributed by atoms with Crippen LogP contribution >= 0.6 is 0 Å². The third-order valence-electron chi connectivity index (χ3n) is 2.11. The van der Waals surface area contributed by atoms with Gasteiger partial charge in [-0.25, -0.2) is 0 Å². The van der Waals surface area contributed by atoms with Crippen LogP contribution in [0.3, 0.4) is 0 Å². The van der Waals surface area contributed by atoms with Gasteiger partial charge >= 0.3 is 0 Å². The van der Waals surface area contributed by atoms with Crippen molar-refractivity contribution in [2.75, 3.05) is 13.6 Å². The van der Waals surface area contributed by atoms with E-state index in [1.54, 1.807) is 6.26 Å². The van der Waals surface area contributed by atoms with E-state index < -0.39 is 5.60 Å². The molecule has 1 aromatic rings. The van der Waals surface area contributed by atoms with Gasteiger partial charge in [0, 0.05) is 6.54 Å². The summed E-state index contributed by atoms with van der Waals surface area (Å²) in [6, 6.07) is 3.85. The molecule has 1 N–H and O–H groups in total. The molecule has 0 spiro atoms. The summed E-state index contributed by atoms with van der Waals surface area (Å²) in [7, 11) is 2.02. The van der Waals surface area contributed by atoms with Crippen LogP contribution in [0.15, 0.2) is 22.8 Å². The lowest BCUT2D eigenvalue weighted by Gasteiger charge is -2.21. The van der Waals surface area contributed by atoms with Gasteiger partial charge in [0.15, 0.2) is 0 Å². The van der Waals surface area contributed by atoms with Gasteiger partial charge in [0.2, 0.25) is 0 Å². The van der Waals surface area contributed by atoms with Crippen molar-refractivity contribution in [2.45, 2.75) is 32.4 Å². The molecule has 0 fully saturated rings. The number of aliphatic hydroxyl groups is 1. The van der Waals surface area contributed by atoms with E-state index >= 15 is 0 Å². The number of hydrogen-bond acceptors (Lipinski definition) is 3. The van der Waals surface area contributed by atoms with Crippen molar-refractivity contribution >= 4 is 0 Å². The Kier molecular flexibility index (Phi) is 3.72. The highest BCUT2D eigenvalue weighted by atomic mass is 16.3. The predicted molar refractivity (Wildman–Crippen MR) is 56.0 cm³/mol. The third-order valence-corrected chi connectivity index (χ3v) is 2.11. The van der Waals surface area contributed by atoms with Crippen LogP contribution in [-0.4, -0.2) is 29.2 Å². The van der Waals surface area contributed by atoms with E-state index in [0.717, 1.165) is 25.3 Å². The van der Waals surface area contributed by atoms with E-state index in [9.17, 15) is 5.11 Å². The van der Waals surface area contributed by atoms with Crippen molar-refractivity contribution in [3.8, 4) is 0 Å². The summed E-state index contributed by atoms with van der Waals surface area (Å²) in [5.74, 6) is 0.961. The fourth-order valence-corrected chi connectivity index (χ4v) is 1.21. The molecule has 0 amide bonds. The molecule has 0 aliphatic carbocycles. The van der Waals surface area contributed by atoms with Crippen molar-refractivity contribution in [3.05, 3.63) is 24.2 Å². The Hall–Kier alpha value is -0.800. The van der Waals surface area contributed by atoms with Crippen LogP contribution in [0.2, 0.25) is 0 Å².